The highest BCUT2D eigenvalue weighted by Crippen LogP contribution is 2.15. The van der Waals surface area contributed by atoms with Crippen molar-refractivity contribution in [1.29, 1.82) is 0 Å². The molecule has 0 aromatic carbocycles. The second-order valence-corrected chi connectivity index (χ2v) is 5.90. The first-order chi connectivity index (χ1) is 10.8. The van der Waals surface area contributed by atoms with E-state index in [4.69, 9.17) is 0 Å². The molecule has 1 fully saturated rings. The molecule has 2 aliphatic rings. The van der Waals surface area contributed by atoms with Gasteiger partial charge in [0.1, 0.15) is 0 Å². The van der Waals surface area contributed by atoms with Crippen LogP contribution in [0.4, 0.5) is 0 Å². The van der Waals surface area contributed by atoms with Crippen LogP contribution in [-0.2, 0) is 17.8 Å². The summed E-state index contributed by atoms with van der Waals surface area (Å²) in [5.74, 6) is -0.0710. The fourth-order valence-corrected chi connectivity index (χ4v) is 3.08. The number of aromatic amines is 1. The molecular formula is C15H24ClN5O2. The van der Waals surface area contributed by atoms with Gasteiger partial charge in [-0.3, -0.25) is 14.7 Å². The van der Waals surface area contributed by atoms with Crippen LogP contribution in [0.1, 0.15) is 47.4 Å². The lowest BCUT2D eigenvalue weighted by Gasteiger charge is -2.26. The number of fused-ring (bicyclic) bond motifs is 1. The van der Waals surface area contributed by atoms with Crippen molar-refractivity contribution in [2.75, 3.05) is 26.2 Å². The van der Waals surface area contributed by atoms with Crippen LogP contribution in [-0.4, -0.2) is 53.1 Å². The molecule has 23 heavy (non-hydrogen) atoms. The van der Waals surface area contributed by atoms with Gasteiger partial charge in [-0.15, -0.1) is 12.4 Å². The minimum Gasteiger partial charge on any atom is -0.350 e. The van der Waals surface area contributed by atoms with Gasteiger partial charge in [-0.2, -0.15) is 5.10 Å². The number of hydrogen-bond donors (Lipinski definition) is 3. The average Bonchev–Trinajstić information content (AvgIpc) is 2.99. The SMILES string of the molecule is Cl.O=C(NCCC(=O)N1CCCCC1)c1n[nH]c2c1CNCC2. The molecule has 1 saturated heterocycles. The van der Waals surface area contributed by atoms with Gasteiger partial charge >= 0.3 is 0 Å². The number of piperidine rings is 1. The second kappa shape index (κ2) is 8.31. The molecule has 0 saturated carbocycles. The largest absolute Gasteiger partial charge is 0.350 e. The molecule has 0 atom stereocenters. The van der Waals surface area contributed by atoms with E-state index >= 15 is 0 Å². The van der Waals surface area contributed by atoms with Crippen molar-refractivity contribution in [3.63, 3.8) is 0 Å². The predicted molar refractivity (Wildman–Crippen MR) is 88.6 cm³/mol. The fraction of sp³-hybridized carbons (Fsp3) is 0.667. The number of carbonyl (C=O) groups is 2. The summed E-state index contributed by atoms with van der Waals surface area (Å²) in [6, 6.07) is 0. The van der Waals surface area contributed by atoms with E-state index in [9.17, 15) is 9.59 Å². The van der Waals surface area contributed by atoms with Gasteiger partial charge in [-0.1, -0.05) is 0 Å². The van der Waals surface area contributed by atoms with Gasteiger partial charge in [0, 0.05) is 56.8 Å². The van der Waals surface area contributed by atoms with Crippen LogP contribution in [0.2, 0.25) is 0 Å². The maximum absolute atomic E-state index is 12.2. The van der Waals surface area contributed by atoms with Crippen molar-refractivity contribution in [2.24, 2.45) is 0 Å². The molecule has 1 aromatic heterocycles. The maximum Gasteiger partial charge on any atom is 0.272 e. The quantitative estimate of drug-likeness (QED) is 0.748. The van der Waals surface area contributed by atoms with E-state index in [1.165, 1.54) is 6.42 Å². The lowest BCUT2D eigenvalue weighted by molar-refractivity contribution is -0.131. The molecule has 2 amide bonds. The van der Waals surface area contributed by atoms with Crippen molar-refractivity contribution in [2.45, 2.75) is 38.6 Å². The molecule has 0 radical (unpaired) electrons. The van der Waals surface area contributed by atoms with Crippen LogP contribution < -0.4 is 10.6 Å². The zero-order valence-electron chi connectivity index (χ0n) is 13.2. The summed E-state index contributed by atoms with van der Waals surface area (Å²) in [5.41, 5.74) is 2.44. The Kier molecular flexibility index (Phi) is 6.41. The van der Waals surface area contributed by atoms with Crippen molar-refractivity contribution in [1.82, 2.24) is 25.7 Å². The molecule has 3 heterocycles. The Morgan fingerprint density at radius 1 is 1.22 bits per heavy atom. The van der Waals surface area contributed by atoms with Crippen molar-refractivity contribution in [3.8, 4) is 0 Å². The normalized spacial score (nSPS) is 17.1. The highest BCUT2D eigenvalue weighted by molar-refractivity contribution is 5.94. The Labute approximate surface area is 142 Å². The van der Waals surface area contributed by atoms with E-state index in [0.717, 1.165) is 50.2 Å². The first kappa shape index (κ1) is 17.7. The van der Waals surface area contributed by atoms with Crippen LogP contribution in [0.5, 0.6) is 0 Å². The van der Waals surface area contributed by atoms with E-state index < -0.39 is 0 Å². The van der Waals surface area contributed by atoms with E-state index in [-0.39, 0.29) is 24.2 Å². The lowest BCUT2D eigenvalue weighted by Crippen LogP contribution is -2.38. The van der Waals surface area contributed by atoms with Gasteiger partial charge in [0.25, 0.3) is 5.91 Å². The molecule has 7 nitrogen and oxygen atoms in total. The average molecular weight is 342 g/mol. The maximum atomic E-state index is 12.2. The number of likely N-dealkylation sites (tertiary alicyclic amines) is 1. The molecule has 1 aromatic rings. The number of aromatic nitrogens is 2. The number of carbonyl (C=O) groups excluding carboxylic acids is 2. The van der Waals surface area contributed by atoms with Gasteiger partial charge in [0.15, 0.2) is 5.69 Å². The highest BCUT2D eigenvalue weighted by Gasteiger charge is 2.22. The molecule has 3 N–H and O–H groups in total. The smallest absolute Gasteiger partial charge is 0.272 e. The molecule has 0 unspecified atom stereocenters. The Balaban J connectivity index is 0.00000192. The van der Waals surface area contributed by atoms with Gasteiger partial charge in [0.05, 0.1) is 0 Å². The number of hydrogen-bond acceptors (Lipinski definition) is 4. The summed E-state index contributed by atoms with van der Waals surface area (Å²) in [6.45, 7) is 3.64. The van der Waals surface area contributed by atoms with Crippen molar-refractivity contribution >= 4 is 24.2 Å². The van der Waals surface area contributed by atoms with Crippen LogP contribution in [0, 0.1) is 0 Å². The molecule has 0 bridgehead atoms. The zero-order chi connectivity index (χ0) is 15.4. The first-order valence-corrected chi connectivity index (χ1v) is 8.08. The van der Waals surface area contributed by atoms with Crippen molar-refractivity contribution < 1.29 is 9.59 Å². The topological polar surface area (TPSA) is 90.1 Å². The molecule has 8 heteroatoms. The van der Waals surface area contributed by atoms with Crippen LogP contribution in [0.3, 0.4) is 0 Å². The Morgan fingerprint density at radius 2 is 2.00 bits per heavy atom. The molecule has 3 rings (SSSR count). The zero-order valence-corrected chi connectivity index (χ0v) is 14.0. The van der Waals surface area contributed by atoms with E-state index in [2.05, 4.69) is 20.8 Å². The summed E-state index contributed by atoms with van der Waals surface area (Å²) in [6.07, 6.45) is 4.60. The molecular weight excluding hydrogens is 318 g/mol. The number of H-pyrrole nitrogens is 1. The summed E-state index contributed by atoms with van der Waals surface area (Å²) < 4.78 is 0. The summed E-state index contributed by atoms with van der Waals surface area (Å²) in [4.78, 5) is 26.1. The summed E-state index contributed by atoms with van der Waals surface area (Å²) in [7, 11) is 0. The molecule has 128 valence electrons. The monoisotopic (exact) mass is 341 g/mol. The van der Waals surface area contributed by atoms with E-state index in [1.54, 1.807) is 0 Å². The van der Waals surface area contributed by atoms with Crippen LogP contribution >= 0.6 is 12.4 Å². The Hall–Kier alpha value is -1.60. The summed E-state index contributed by atoms with van der Waals surface area (Å²) in [5, 5.41) is 13.1. The van der Waals surface area contributed by atoms with E-state index in [1.807, 2.05) is 4.90 Å². The number of rotatable bonds is 4. The number of halogens is 1. The molecule has 0 aliphatic carbocycles. The van der Waals surface area contributed by atoms with E-state index in [0.29, 0.717) is 25.2 Å². The minimum absolute atomic E-state index is 0. The fourth-order valence-electron chi connectivity index (χ4n) is 3.08. The second-order valence-electron chi connectivity index (χ2n) is 5.90. The number of amides is 2. The first-order valence-electron chi connectivity index (χ1n) is 8.08. The number of nitrogens with zero attached hydrogens (tertiary/aromatic N) is 2. The Bertz CT molecular complexity index is 554. The molecule has 2 aliphatic heterocycles. The highest BCUT2D eigenvalue weighted by atomic mass is 35.5. The lowest BCUT2D eigenvalue weighted by atomic mass is 10.1. The van der Waals surface area contributed by atoms with Gasteiger partial charge in [0.2, 0.25) is 5.91 Å². The van der Waals surface area contributed by atoms with Crippen LogP contribution in [0.25, 0.3) is 0 Å². The Morgan fingerprint density at radius 3 is 2.78 bits per heavy atom. The van der Waals surface area contributed by atoms with Gasteiger partial charge < -0.3 is 15.5 Å². The van der Waals surface area contributed by atoms with Crippen LogP contribution in [0.15, 0.2) is 0 Å². The third kappa shape index (κ3) is 4.23. The third-order valence-corrected chi connectivity index (χ3v) is 4.35. The standard InChI is InChI=1S/C15H23N5O2.ClH/c21-13(20-8-2-1-3-9-20)5-7-17-15(22)14-11-10-16-6-4-12(11)18-19-14;/h16H,1-10H2,(H,17,22)(H,18,19);1H. The molecule has 0 spiro atoms. The third-order valence-electron chi connectivity index (χ3n) is 4.35. The van der Waals surface area contributed by atoms with Crippen molar-refractivity contribution in [3.05, 3.63) is 17.0 Å². The minimum atomic E-state index is -0.201. The predicted octanol–water partition coefficient (Wildman–Crippen LogP) is 0.610. The van der Waals surface area contributed by atoms with Gasteiger partial charge in [-0.25, -0.2) is 0 Å². The summed E-state index contributed by atoms with van der Waals surface area (Å²) >= 11 is 0. The van der Waals surface area contributed by atoms with Gasteiger partial charge in [-0.05, 0) is 19.3 Å². The number of nitrogens with one attached hydrogen (secondary N) is 3.